The smallest absolute Gasteiger partial charge is 0.0147 e. The van der Waals surface area contributed by atoms with Crippen LogP contribution in [0.15, 0.2) is 0 Å². The molecule has 14 heavy (non-hydrogen) atoms. The molecule has 2 unspecified atom stereocenters. The zero-order valence-corrected chi connectivity index (χ0v) is 9.98. The molecule has 0 aromatic carbocycles. The van der Waals surface area contributed by atoms with E-state index in [1.165, 1.54) is 51.3 Å². The Morgan fingerprint density at radius 1 is 1.50 bits per heavy atom. The first-order valence-electron chi connectivity index (χ1n) is 5.89. The Morgan fingerprint density at radius 2 is 2.43 bits per heavy atom. The van der Waals surface area contributed by atoms with E-state index < -0.39 is 0 Å². The maximum absolute atomic E-state index is 3.45. The van der Waals surface area contributed by atoms with Gasteiger partial charge in [-0.2, -0.15) is 11.8 Å². The minimum absolute atomic E-state index is 0.852. The molecule has 0 aromatic heterocycles. The molecule has 2 nitrogen and oxygen atoms in total. The summed E-state index contributed by atoms with van der Waals surface area (Å²) in [5.41, 5.74) is 0. The molecule has 1 N–H and O–H groups in total. The van der Waals surface area contributed by atoms with E-state index in [-0.39, 0.29) is 0 Å². The third-order valence-electron chi connectivity index (χ3n) is 3.34. The first kappa shape index (κ1) is 10.8. The number of hydrogen-bond acceptors (Lipinski definition) is 3. The zero-order valence-electron chi connectivity index (χ0n) is 9.17. The van der Waals surface area contributed by atoms with Crippen molar-refractivity contribution >= 4 is 11.8 Å². The molecule has 0 saturated carbocycles. The van der Waals surface area contributed by atoms with Crippen molar-refractivity contribution in [1.82, 2.24) is 10.2 Å². The van der Waals surface area contributed by atoms with E-state index >= 15 is 0 Å². The lowest BCUT2D eigenvalue weighted by Crippen LogP contribution is -2.37. The normalized spacial score (nSPS) is 34.9. The summed E-state index contributed by atoms with van der Waals surface area (Å²) >= 11 is 2.13. The summed E-state index contributed by atoms with van der Waals surface area (Å²) in [5.74, 6) is 2.30. The number of nitrogens with one attached hydrogen (secondary N) is 1. The second kappa shape index (κ2) is 5.38. The Morgan fingerprint density at radius 3 is 3.14 bits per heavy atom. The van der Waals surface area contributed by atoms with Crippen LogP contribution in [0.2, 0.25) is 0 Å². The minimum atomic E-state index is 0.852. The molecular weight excluding hydrogens is 192 g/mol. The van der Waals surface area contributed by atoms with Gasteiger partial charge >= 0.3 is 0 Å². The summed E-state index contributed by atoms with van der Waals surface area (Å²) in [5, 5.41) is 4.30. The van der Waals surface area contributed by atoms with Gasteiger partial charge < -0.3 is 10.2 Å². The lowest BCUT2D eigenvalue weighted by Gasteiger charge is -2.31. The fourth-order valence-electron chi connectivity index (χ4n) is 2.42. The van der Waals surface area contributed by atoms with Crippen LogP contribution in [0.5, 0.6) is 0 Å². The van der Waals surface area contributed by atoms with Gasteiger partial charge in [0.15, 0.2) is 0 Å². The Hall–Kier alpha value is 0.270. The summed E-state index contributed by atoms with van der Waals surface area (Å²) in [7, 11) is 0. The van der Waals surface area contributed by atoms with E-state index in [9.17, 15) is 0 Å². The predicted molar refractivity (Wildman–Crippen MR) is 64.0 cm³/mol. The van der Waals surface area contributed by atoms with E-state index in [0.29, 0.717) is 0 Å². The van der Waals surface area contributed by atoms with Crippen LogP contribution in [-0.4, -0.2) is 48.6 Å². The second-order valence-corrected chi connectivity index (χ2v) is 6.18. The van der Waals surface area contributed by atoms with Crippen molar-refractivity contribution < 1.29 is 0 Å². The van der Waals surface area contributed by atoms with Crippen molar-refractivity contribution in [2.45, 2.75) is 25.0 Å². The van der Waals surface area contributed by atoms with Crippen molar-refractivity contribution in [3.05, 3.63) is 0 Å². The highest BCUT2D eigenvalue weighted by molar-refractivity contribution is 7.99. The quantitative estimate of drug-likeness (QED) is 0.765. The monoisotopic (exact) mass is 214 g/mol. The van der Waals surface area contributed by atoms with E-state index in [1.807, 2.05) is 0 Å². The third kappa shape index (κ3) is 3.14. The first-order valence-corrected chi connectivity index (χ1v) is 6.94. The molecule has 0 aliphatic carbocycles. The van der Waals surface area contributed by atoms with Gasteiger partial charge in [0.1, 0.15) is 0 Å². The van der Waals surface area contributed by atoms with Crippen LogP contribution >= 0.6 is 11.8 Å². The molecule has 2 rings (SSSR count). The van der Waals surface area contributed by atoms with Crippen LogP contribution < -0.4 is 5.32 Å². The molecule has 2 aliphatic rings. The Kier molecular flexibility index (Phi) is 4.14. The number of nitrogens with zero attached hydrogens (tertiary/aromatic N) is 1. The van der Waals surface area contributed by atoms with Crippen LogP contribution in [0, 0.1) is 5.92 Å². The van der Waals surface area contributed by atoms with Gasteiger partial charge in [0.2, 0.25) is 0 Å². The van der Waals surface area contributed by atoms with Gasteiger partial charge in [-0.1, -0.05) is 6.92 Å². The molecule has 2 atom stereocenters. The fourth-order valence-corrected chi connectivity index (χ4v) is 3.50. The summed E-state index contributed by atoms with van der Waals surface area (Å²) in [6, 6.07) is 0. The Balaban J connectivity index is 1.64. The molecule has 2 heterocycles. The molecule has 82 valence electrons. The standard InChI is InChI=1S/C11H22N2S/c1-10-9-13(6-7-14-10)5-3-11-2-4-12-8-11/h10-12H,2-9H2,1H3. The highest BCUT2D eigenvalue weighted by Gasteiger charge is 2.19. The van der Waals surface area contributed by atoms with Crippen molar-refractivity contribution in [3.8, 4) is 0 Å². The Bertz CT molecular complexity index is 169. The molecule has 2 saturated heterocycles. The lowest BCUT2D eigenvalue weighted by atomic mass is 10.0. The van der Waals surface area contributed by atoms with Crippen molar-refractivity contribution in [1.29, 1.82) is 0 Å². The molecule has 0 spiro atoms. The molecule has 2 aliphatic heterocycles. The van der Waals surface area contributed by atoms with E-state index in [4.69, 9.17) is 0 Å². The molecule has 0 aromatic rings. The number of hydrogen-bond donors (Lipinski definition) is 1. The van der Waals surface area contributed by atoms with Crippen LogP contribution in [0.1, 0.15) is 19.8 Å². The van der Waals surface area contributed by atoms with Gasteiger partial charge in [0.05, 0.1) is 0 Å². The Labute approximate surface area is 91.8 Å². The van der Waals surface area contributed by atoms with E-state index in [1.54, 1.807) is 0 Å². The van der Waals surface area contributed by atoms with Crippen molar-refractivity contribution in [3.63, 3.8) is 0 Å². The van der Waals surface area contributed by atoms with Gasteiger partial charge in [-0.25, -0.2) is 0 Å². The highest BCUT2D eigenvalue weighted by atomic mass is 32.2. The van der Waals surface area contributed by atoms with Gasteiger partial charge in [0, 0.05) is 24.1 Å². The van der Waals surface area contributed by atoms with Crippen molar-refractivity contribution in [2.24, 2.45) is 5.92 Å². The average Bonchev–Trinajstić information content (AvgIpc) is 2.67. The largest absolute Gasteiger partial charge is 0.316 e. The molecule has 0 bridgehead atoms. The molecular formula is C11H22N2S. The number of thioether (sulfide) groups is 1. The summed E-state index contributed by atoms with van der Waals surface area (Å²) < 4.78 is 0. The van der Waals surface area contributed by atoms with E-state index in [2.05, 4.69) is 28.9 Å². The minimum Gasteiger partial charge on any atom is -0.316 e. The van der Waals surface area contributed by atoms with Crippen LogP contribution in [0.25, 0.3) is 0 Å². The van der Waals surface area contributed by atoms with Crippen molar-refractivity contribution in [2.75, 3.05) is 38.5 Å². The zero-order chi connectivity index (χ0) is 9.80. The summed E-state index contributed by atoms with van der Waals surface area (Å²) in [4.78, 5) is 2.65. The maximum Gasteiger partial charge on any atom is 0.0147 e. The predicted octanol–water partition coefficient (Wildman–Crippen LogP) is 1.42. The first-order chi connectivity index (χ1) is 6.84. The molecule has 0 amide bonds. The SMILES string of the molecule is CC1CN(CCC2CCNC2)CCS1. The van der Waals surface area contributed by atoms with Gasteiger partial charge in [0.25, 0.3) is 0 Å². The molecule has 3 heteroatoms. The van der Waals surface area contributed by atoms with Crippen LogP contribution in [0.3, 0.4) is 0 Å². The lowest BCUT2D eigenvalue weighted by molar-refractivity contribution is 0.265. The van der Waals surface area contributed by atoms with Gasteiger partial charge in [-0.3, -0.25) is 0 Å². The molecule has 0 radical (unpaired) electrons. The average molecular weight is 214 g/mol. The summed E-state index contributed by atoms with van der Waals surface area (Å²) in [6.07, 6.45) is 2.81. The maximum atomic E-state index is 3.45. The fraction of sp³-hybridized carbons (Fsp3) is 1.00. The van der Waals surface area contributed by atoms with E-state index in [0.717, 1.165) is 11.2 Å². The number of rotatable bonds is 3. The second-order valence-electron chi connectivity index (χ2n) is 4.63. The third-order valence-corrected chi connectivity index (χ3v) is 4.48. The summed E-state index contributed by atoms with van der Waals surface area (Å²) in [6.45, 7) is 8.82. The van der Waals surface area contributed by atoms with Crippen LogP contribution in [0.4, 0.5) is 0 Å². The van der Waals surface area contributed by atoms with Crippen LogP contribution in [-0.2, 0) is 0 Å². The topological polar surface area (TPSA) is 15.3 Å². The molecule has 2 fully saturated rings. The van der Waals surface area contributed by atoms with Gasteiger partial charge in [-0.05, 0) is 38.4 Å². The highest BCUT2D eigenvalue weighted by Crippen LogP contribution is 2.19. The van der Waals surface area contributed by atoms with Gasteiger partial charge in [-0.15, -0.1) is 0 Å².